The Hall–Kier alpha value is -2.34. The number of anilines is 1. The van der Waals surface area contributed by atoms with Gasteiger partial charge in [-0.3, -0.25) is 4.79 Å². The predicted octanol–water partition coefficient (Wildman–Crippen LogP) is 3.82. The first-order valence-corrected chi connectivity index (χ1v) is 9.30. The van der Waals surface area contributed by atoms with E-state index in [0.29, 0.717) is 17.2 Å². The normalized spacial score (nSPS) is 12.5. The number of amides is 1. The third-order valence-corrected chi connectivity index (χ3v) is 5.20. The van der Waals surface area contributed by atoms with Crippen LogP contribution in [0.2, 0.25) is 0 Å². The minimum absolute atomic E-state index is 0.165. The second-order valence-corrected chi connectivity index (χ2v) is 6.85. The van der Waals surface area contributed by atoms with E-state index in [1.165, 1.54) is 16.2 Å². The SMILES string of the molecule is CCOC(=O)c1c(NC(=O)CCOc2ccccc2)sc2c1CCC2. The number of hydrogen-bond acceptors (Lipinski definition) is 5. The Labute approximate surface area is 151 Å². The van der Waals surface area contributed by atoms with Crippen LogP contribution in [0.25, 0.3) is 0 Å². The molecule has 0 atom stereocenters. The summed E-state index contributed by atoms with van der Waals surface area (Å²) in [5.74, 6) is 0.219. The zero-order chi connectivity index (χ0) is 17.6. The van der Waals surface area contributed by atoms with Gasteiger partial charge in [0.05, 0.1) is 25.2 Å². The van der Waals surface area contributed by atoms with E-state index in [1.807, 2.05) is 30.3 Å². The Balaban J connectivity index is 1.62. The maximum absolute atomic E-state index is 12.3. The number of fused-ring (bicyclic) bond motifs is 1. The summed E-state index contributed by atoms with van der Waals surface area (Å²) in [6, 6.07) is 9.37. The molecule has 0 fully saturated rings. The van der Waals surface area contributed by atoms with Crippen molar-refractivity contribution in [2.24, 2.45) is 0 Å². The van der Waals surface area contributed by atoms with Gasteiger partial charge < -0.3 is 14.8 Å². The fourth-order valence-electron chi connectivity index (χ4n) is 2.88. The molecule has 0 bridgehead atoms. The van der Waals surface area contributed by atoms with Gasteiger partial charge >= 0.3 is 5.97 Å². The lowest BCUT2D eigenvalue weighted by Gasteiger charge is -2.09. The van der Waals surface area contributed by atoms with Gasteiger partial charge in [-0.05, 0) is 43.9 Å². The highest BCUT2D eigenvalue weighted by Gasteiger charge is 2.28. The average molecular weight is 359 g/mol. The Kier molecular flexibility index (Phi) is 5.71. The number of para-hydroxylation sites is 1. The Morgan fingerprint density at radius 2 is 2.00 bits per heavy atom. The van der Waals surface area contributed by atoms with Crippen molar-refractivity contribution in [3.63, 3.8) is 0 Å². The van der Waals surface area contributed by atoms with Crippen LogP contribution < -0.4 is 10.1 Å². The highest BCUT2D eigenvalue weighted by Crippen LogP contribution is 2.39. The summed E-state index contributed by atoms with van der Waals surface area (Å²) in [7, 11) is 0. The van der Waals surface area contributed by atoms with Crippen molar-refractivity contribution in [3.05, 3.63) is 46.3 Å². The average Bonchev–Trinajstić information content (AvgIpc) is 3.16. The van der Waals surface area contributed by atoms with E-state index in [4.69, 9.17) is 9.47 Å². The van der Waals surface area contributed by atoms with Gasteiger partial charge in [0.2, 0.25) is 5.91 Å². The molecular weight excluding hydrogens is 338 g/mol. The van der Waals surface area contributed by atoms with E-state index in [0.717, 1.165) is 30.6 Å². The van der Waals surface area contributed by atoms with Gasteiger partial charge in [-0.2, -0.15) is 0 Å². The number of benzene rings is 1. The summed E-state index contributed by atoms with van der Waals surface area (Å²) < 4.78 is 10.7. The van der Waals surface area contributed by atoms with E-state index in [-0.39, 0.29) is 24.9 Å². The lowest BCUT2D eigenvalue weighted by molar-refractivity contribution is -0.116. The molecule has 0 saturated heterocycles. The van der Waals surface area contributed by atoms with E-state index in [9.17, 15) is 9.59 Å². The molecule has 1 amide bonds. The number of carbonyl (C=O) groups excluding carboxylic acids is 2. The molecule has 1 aliphatic carbocycles. The van der Waals surface area contributed by atoms with Crippen LogP contribution in [0.5, 0.6) is 5.75 Å². The number of rotatable bonds is 7. The smallest absolute Gasteiger partial charge is 0.341 e. The molecule has 1 N–H and O–H groups in total. The molecule has 5 nitrogen and oxygen atoms in total. The van der Waals surface area contributed by atoms with Crippen LogP contribution >= 0.6 is 11.3 Å². The van der Waals surface area contributed by atoms with Crippen LogP contribution in [0.3, 0.4) is 0 Å². The highest BCUT2D eigenvalue weighted by molar-refractivity contribution is 7.17. The van der Waals surface area contributed by atoms with Crippen LogP contribution in [0.4, 0.5) is 5.00 Å². The number of hydrogen-bond donors (Lipinski definition) is 1. The number of thiophene rings is 1. The fraction of sp³-hybridized carbons (Fsp3) is 0.368. The molecule has 1 aromatic heterocycles. The number of ether oxygens (including phenoxy) is 2. The monoisotopic (exact) mass is 359 g/mol. The van der Waals surface area contributed by atoms with Gasteiger partial charge in [-0.15, -0.1) is 11.3 Å². The van der Waals surface area contributed by atoms with Gasteiger partial charge in [-0.1, -0.05) is 18.2 Å². The zero-order valence-corrected chi connectivity index (χ0v) is 15.0. The van der Waals surface area contributed by atoms with Crippen molar-refractivity contribution in [3.8, 4) is 5.75 Å². The van der Waals surface area contributed by atoms with Gasteiger partial charge in [0.15, 0.2) is 0 Å². The molecule has 0 saturated carbocycles. The molecule has 1 aliphatic rings. The number of carbonyl (C=O) groups is 2. The van der Waals surface area contributed by atoms with E-state index >= 15 is 0 Å². The predicted molar refractivity (Wildman–Crippen MR) is 97.5 cm³/mol. The van der Waals surface area contributed by atoms with Crippen LogP contribution in [0.15, 0.2) is 30.3 Å². The summed E-state index contributed by atoms with van der Waals surface area (Å²) in [5.41, 5.74) is 1.58. The van der Waals surface area contributed by atoms with Crippen molar-refractivity contribution in [2.45, 2.75) is 32.6 Å². The van der Waals surface area contributed by atoms with Crippen molar-refractivity contribution in [2.75, 3.05) is 18.5 Å². The number of esters is 1. The molecule has 132 valence electrons. The van der Waals surface area contributed by atoms with Crippen molar-refractivity contribution in [1.82, 2.24) is 0 Å². The molecule has 0 aliphatic heterocycles. The van der Waals surface area contributed by atoms with E-state index in [2.05, 4.69) is 5.32 Å². The largest absolute Gasteiger partial charge is 0.493 e. The molecule has 3 rings (SSSR count). The lowest BCUT2D eigenvalue weighted by Crippen LogP contribution is -2.17. The zero-order valence-electron chi connectivity index (χ0n) is 14.2. The first-order valence-electron chi connectivity index (χ1n) is 8.48. The van der Waals surface area contributed by atoms with Gasteiger partial charge in [-0.25, -0.2) is 4.79 Å². The molecule has 25 heavy (non-hydrogen) atoms. The van der Waals surface area contributed by atoms with Crippen molar-refractivity contribution in [1.29, 1.82) is 0 Å². The summed E-state index contributed by atoms with van der Waals surface area (Å²) in [6.45, 7) is 2.39. The van der Waals surface area contributed by atoms with Gasteiger partial charge in [0.1, 0.15) is 10.8 Å². The van der Waals surface area contributed by atoms with Crippen molar-refractivity contribution < 1.29 is 19.1 Å². The van der Waals surface area contributed by atoms with Crippen LogP contribution in [-0.4, -0.2) is 25.1 Å². The summed E-state index contributed by atoms with van der Waals surface area (Å²) in [6.07, 6.45) is 3.10. The number of aryl methyl sites for hydroxylation is 1. The maximum atomic E-state index is 12.3. The summed E-state index contributed by atoms with van der Waals surface area (Å²) in [4.78, 5) is 25.7. The number of nitrogens with one attached hydrogen (secondary N) is 1. The Bertz CT molecular complexity index is 754. The Morgan fingerprint density at radius 1 is 1.20 bits per heavy atom. The van der Waals surface area contributed by atoms with Crippen molar-refractivity contribution >= 4 is 28.2 Å². The van der Waals surface area contributed by atoms with Gasteiger partial charge in [0.25, 0.3) is 0 Å². The third-order valence-electron chi connectivity index (χ3n) is 3.99. The first kappa shape index (κ1) is 17.5. The van der Waals surface area contributed by atoms with Crippen LogP contribution in [0.1, 0.15) is 40.6 Å². The second-order valence-electron chi connectivity index (χ2n) is 5.74. The maximum Gasteiger partial charge on any atom is 0.341 e. The molecule has 0 unspecified atom stereocenters. The first-order chi connectivity index (χ1) is 12.2. The molecule has 1 heterocycles. The quantitative estimate of drug-likeness (QED) is 0.763. The highest BCUT2D eigenvalue weighted by atomic mass is 32.1. The topological polar surface area (TPSA) is 64.6 Å². The Morgan fingerprint density at radius 3 is 2.76 bits per heavy atom. The minimum atomic E-state index is -0.349. The van der Waals surface area contributed by atoms with Gasteiger partial charge in [0, 0.05) is 4.88 Å². The molecule has 0 radical (unpaired) electrons. The van der Waals surface area contributed by atoms with E-state index < -0.39 is 0 Å². The molecular formula is C19H21NO4S. The molecule has 6 heteroatoms. The van der Waals surface area contributed by atoms with Crippen LogP contribution in [0, 0.1) is 0 Å². The summed E-state index contributed by atoms with van der Waals surface area (Å²) in [5, 5.41) is 3.47. The molecule has 0 spiro atoms. The second kappa shape index (κ2) is 8.16. The van der Waals surface area contributed by atoms with Crippen LogP contribution in [-0.2, 0) is 22.4 Å². The fourth-order valence-corrected chi connectivity index (χ4v) is 4.17. The van der Waals surface area contributed by atoms with E-state index in [1.54, 1.807) is 6.92 Å². The lowest BCUT2D eigenvalue weighted by atomic mass is 10.1. The standard InChI is InChI=1S/C19H21NO4S/c1-2-23-19(22)17-14-9-6-10-15(14)25-18(17)20-16(21)11-12-24-13-7-4-3-5-8-13/h3-5,7-8H,2,6,9-12H2,1H3,(H,20,21). The molecule has 1 aromatic carbocycles. The summed E-state index contributed by atoms with van der Waals surface area (Å²) >= 11 is 1.49. The minimum Gasteiger partial charge on any atom is -0.493 e. The third kappa shape index (κ3) is 4.20. The molecule has 2 aromatic rings.